The Balaban J connectivity index is 2.88. The first-order valence-corrected chi connectivity index (χ1v) is 4.85. The topological polar surface area (TPSA) is 37.3 Å². The molecule has 1 N–H and O–H groups in total. The molecule has 0 atom stereocenters. The predicted octanol–water partition coefficient (Wildman–Crippen LogP) is 2.58. The monoisotopic (exact) mass is 252 g/mol. The summed E-state index contributed by atoms with van der Waals surface area (Å²) in [6.07, 6.45) is -0.125. The average Bonchev–Trinajstić information content (AvgIpc) is 2.10. The third-order valence-electron chi connectivity index (χ3n) is 1.58. The molecule has 2 nitrogen and oxygen atoms in total. The molecule has 0 unspecified atom stereocenters. The summed E-state index contributed by atoms with van der Waals surface area (Å²) >= 11 is 3.35. The minimum Gasteiger partial charge on any atom is -0.481 e. The second-order valence-corrected chi connectivity index (χ2v) is 3.71. The van der Waals surface area contributed by atoms with Crippen molar-refractivity contribution < 1.29 is 9.90 Å². The molecule has 72 valence electrons. The summed E-state index contributed by atoms with van der Waals surface area (Å²) in [5, 5.41) is 8.40. The van der Waals surface area contributed by atoms with Crippen molar-refractivity contribution in [1.82, 2.24) is 0 Å². The molecule has 0 radical (unpaired) electrons. The molecule has 1 aromatic rings. The van der Waals surface area contributed by atoms with Crippen LogP contribution < -0.4 is 0 Å². The minimum atomic E-state index is -0.902. The van der Waals surface area contributed by atoms with Gasteiger partial charge in [-0.2, -0.15) is 0 Å². The Bertz CT molecular complexity index is 413. The number of hydrogen-bond donors (Lipinski definition) is 1. The number of carboxylic acids is 1. The Morgan fingerprint density at radius 3 is 2.93 bits per heavy atom. The van der Waals surface area contributed by atoms with Gasteiger partial charge in [0.25, 0.3) is 0 Å². The van der Waals surface area contributed by atoms with Gasteiger partial charge in [-0.1, -0.05) is 17.9 Å². The van der Waals surface area contributed by atoms with Crippen molar-refractivity contribution in [1.29, 1.82) is 0 Å². The van der Waals surface area contributed by atoms with Gasteiger partial charge in [0.15, 0.2) is 0 Å². The van der Waals surface area contributed by atoms with Gasteiger partial charge in [-0.3, -0.25) is 4.79 Å². The maximum absolute atomic E-state index is 10.2. The van der Waals surface area contributed by atoms with Crippen molar-refractivity contribution in [3.8, 4) is 11.8 Å². The highest BCUT2D eigenvalue weighted by atomic mass is 79.9. The zero-order chi connectivity index (χ0) is 10.6. The van der Waals surface area contributed by atoms with Gasteiger partial charge in [0.05, 0.1) is 0 Å². The third-order valence-corrected chi connectivity index (χ3v) is 2.28. The van der Waals surface area contributed by atoms with Crippen LogP contribution in [0.3, 0.4) is 0 Å². The zero-order valence-corrected chi connectivity index (χ0v) is 9.26. The van der Waals surface area contributed by atoms with E-state index < -0.39 is 5.97 Å². The molecular formula is C11H9BrO2. The van der Waals surface area contributed by atoms with E-state index in [-0.39, 0.29) is 6.42 Å². The lowest BCUT2D eigenvalue weighted by Gasteiger charge is -1.96. The molecule has 0 aromatic heterocycles. The number of halogens is 1. The highest BCUT2D eigenvalue weighted by Crippen LogP contribution is 2.16. The fourth-order valence-corrected chi connectivity index (χ4v) is 1.30. The fourth-order valence-electron chi connectivity index (χ4n) is 0.950. The average molecular weight is 253 g/mol. The fraction of sp³-hybridized carbons (Fsp3) is 0.182. The van der Waals surface area contributed by atoms with E-state index in [2.05, 4.69) is 27.8 Å². The maximum Gasteiger partial charge on any atom is 0.315 e. The first kappa shape index (κ1) is 10.8. The van der Waals surface area contributed by atoms with Gasteiger partial charge in [-0.05, 0) is 40.5 Å². The number of hydrogen-bond acceptors (Lipinski definition) is 1. The summed E-state index contributed by atoms with van der Waals surface area (Å²) in [5.41, 5.74) is 1.93. The van der Waals surface area contributed by atoms with Crippen LogP contribution in [0.2, 0.25) is 0 Å². The van der Waals surface area contributed by atoms with Crippen molar-refractivity contribution in [3.05, 3.63) is 33.8 Å². The molecule has 3 heteroatoms. The Kier molecular flexibility index (Phi) is 3.73. The lowest BCUT2D eigenvalue weighted by atomic mass is 10.1. The van der Waals surface area contributed by atoms with E-state index in [1.54, 1.807) is 0 Å². The molecule has 0 aliphatic rings. The number of aryl methyl sites for hydroxylation is 1. The largest absolute Gasteiger partial charge is 0.481 e. The predicted molar refractivity (Wildman–Crippen MR) is 58.0 cm³/mol. The number of carboxylic acid groups (broad SMARTS) is 1. The molecule has 0 aliphatic heterocycles. The Hall–Kier alpha value is -1.27. The molecule has 0 saturated heterocycles. The Labute approximate surface area is 91.1 Å². The molecule has 0 bridgehead atoms. The van der Waals surface area contributed by atoms with Crippen molar-refractivity contribution in [3.63, 3.8) is 0 Å². The van der Waals surface area contributed by atoms with Gasteiger partial charge in [-0.25, -0.2) is 0 Å². The Morgan fingerprint density at radius 2 is 2.29 bits per heavy atom. The molecule has 14 heavy (non-hydrogen) atoms. The van der Waals surface area contributed by atoms with Crippen LogP contribution in [0.1, 0.15) is 17.5 Å². The molecule has 1 aromatic carbocycles. The number of rotatable bonds is 1. The van der Waals surface area contributed by atoms with Crippen LogP contribution in [0, 0.1) is 18.8 Å². The van der Waals surface area contributed by atoms with E-state index in [9.17, 15) is 4.79 Å². The van der Waals surface area contributed by atoms with Gasteiger partial charge in [0.1, 0.15) is 6.42 Å². The molecule has 0 fully saturated rings. The maximum atomic E-state index is 10.2. The first-order chi connectivity index (χ1) is 6.59. The van der Waals surface area contributed by atoms with Gasteiger partial charge >= 0.3 is 5.97 Å². The molecule has 0 amide bonds. The van der Waals surface area contributed by atoms with Crippen LogP contribution in [0.15, 0.2) is 22.7 Å². The summed E-state index contributed by atoms with van der Waals surface area (Å²) < 4.78 is 0.890. The summed E-state index contributed by atoms with van der Waals surface area (Å²) in [6, 6.07) is 5.78. The molecule has 1 rings (SSSR count). The number of benzene rings is 1. The smallest absolute Gasteiger partial charge is 0.315 e. The third kappa shape index (κ3) is 3.23. The summed E-state index contributed by atoms with van der Waals surface area (Å²) in [4.78, 5) is 10.2. The van der Waals surface area contributed by atoms with Gasteiger partial charge < -0.3 is 5.11 Å². The van der Waals surface area contributed by atoms with E-state index in [4.69, 9.17) is 5.11 Å². The molecular weight excluding hydrogens is 244 g/mol. The highest BCUT2D eigenvalue weighted by molar-refractivity contribution is 9.10. The number of carbonyl (C=O) groups is 1. The van der Waals surface area contributed by atoms with Crippen LogP contribution >= 0.6 is 15.9 Å². The second kappa shape index (κ2) is 4.83. The molecule has 0 spiro atoms. The van der Waals surface area contributed by atoms with Gasteiger partial charge in [0, 0.05) is 10.0 Å². The Morgan fingerprint density at radius 1 is 1.57 bits per heavy atom. The van der Waals surface area contributed by atoms with Gasteiger partial charge in [-0.15, -0.1) is 0 Å². The van der Waals surface area contributed by atoms with E-state index in [1.165, 1.54) is 0 Å². The lowest BCUT2D eigenvalue weighted by molar-refractivity contribution is -0.135. The highest BCUT2D eigenvalue weighted by Gasteiger charge is 1.96. The van der Waals surface area contributed by atoms with E-state index >= 15 is 0 Å². The van der Waals surface area contributed by atoms with Crippen LogP contribution in [0.5, 0.6) is 0 Å². The standard InChI is InChI=1S/C11H9BrO2/c1-8-5-6-10(12)9(7-8)3-2-4-11(13)14/h5-7H,4H2,1H3,(H,13,14). The van der Waals surface area contributed by atoms with Crippen molar-refractivity contribution in [2.45, 2.75) is 13.3 Å². The SMILES string of the molecule is Cc1ccc(Br)c(C#CCC(=O)O)c1. The summed E-state index contributed by atoms with van der Waals surface area (Å²) in [5.74, 6) is 4.50. The normalized spacial score (nSPS) is 9.00. The lowest BCUT2D eigenvalue weighted by Crippen LogP contribution is -1.90. The quantitative estimate of drug-likeness (QED) is 0.781. The first-order valence-electron chi connectivity index (χ1n) is 4.06. The van der Waals surface area contributed by atoms with Crippen LogP contribution in [-0.2, 0) is 4.79 Å². The summed E-state index contributed by atoms with van der Waals surface area (Å²) in [6.45, 7) is 1.97. The van der Waals surface area contributed by atoms with E-state index in [0.29, 0.717) is 0 Å². The van der Waals surface area contributed by atoms with Crippen molar-refractivity contribution in [2.75, 3.05) is 0 Å². The minimum absolute atomic E-state index is 0.125. The van der Waals surface area contributed by atoms with E-state index in [0.717, 1.165) is 15.6 Å². The molecule has 0 saturated carbocycles. The number of aliphatic carboxylic acids is 1. The van der Waals surface area contributed by atoms with Crippen LogP contribution in [-0.4, -0.2) is 11.1 Å². The van der Waals surface area contributed by atoms with Gasteiger partial charge in [0.2, 0.25) is 0 Å². The zero-order valence-electron chi connectivity index (χ0n) is 7.67. The molecule has 0 heterocycles. The van der Waals surface area contributed by atoms with Crippen LogP contribution in [0.25, 0.3) is 0 Å². The molecule has 0 aliphatic carbocycles. The van der Waals surface area contributed by atoms with E-state index in [1.807, 2.05) is 25.1 Å². The van der Waals surface area contributed by atoms with Crippen LogP contribution in [0.4, 0.5) is 0 Å². The van der Waals surface area contributed by atoms with Crippen molar-refractivity contribution >= 4 is 21.9 Å². The second-order valence-electron chi connectivity index (χ2n) is 2.86. The van der Waals surface area contributed by atoms with Crippen molar-refractivity contribution in [2.24, 2.45) is 0 Å². The summed E-state index contributed by atoms with van der Waals surface area (Å²) in [7, 11) is 0.